The van der Waals surface area contributed by atoms with Crippen molar-refractivity contribution in [1.29, 1.82) is 0 Å². The number of carbonyl (C=O) groups is 3. The van der Waals surface area contributed by atoms with Crippen molar-refractivity contribution in [2.75, 3.05) is 45.9 Å². The number of alkyl halides is 3. The minimum absolute atomic E-state index is 0.139. The van der Waals surface area contributed by atoms with E-state index in [-0.39, 0.29) is 23.7 Å². The van der Waals surface area contributed by atoms with Gasteiger partial charge >= 0.3 is 18.2 Å². The molecule has 9 nitrogen and oxygen atoms in total. The molecule has 252 valence electrons. The third-order valence-corrected chi connectivity index (χ3v) is 9.94. The number of carboxylic acids is 1. The average Bonchev–Trinajstić information content (AvgIpc) is 3.51. The van der Waals surface area contributed by atoms with Crippen LogP contribution in [0.15, 0.2) is 18.2 Å². The zero-order valence-corrected chi connectivity index (χ0v) is 26.7. The number of piperidine rings is 2. The summed E-state index contributed by atoms with van der Waals surface area (Å²) in [7, 11) is 0. The highest BCUT2D eigenvalue weighted by Crippen LogP contribution is 2.42. The number of benzene rings is 1. The van der Waals surface area contributed by atoms with Crippen molar-refractivity contribution in [2.45, 2.75) is 102 Å². The van der Waals surface area contributed by atoms with Crippen molar-refractivity contribution in [1.82, 2.24) is 14.7 Å². The number of carbonyl (C=O) groups excluding carboxylic acids is 2. The third-order valence-electron chi connectivity index (χ3n) is 9.94. The highest BCUT2D eigenvalue weighted by molar-refractivity contribution is 5.97. The van der Waals surface area contributed by atoms with Crippen LogP contribution in [0.4, 0.5) is 18.0 Å². The summed E-state index contributed by atoms with van der Waals surface area (Å²) >= 11 is 0. The average molecular weight is 640 g/mol. The van der Waals surface area contributed by atoms with Crippen LogP contribution in [0.25, 0.3) is 0 Å². The van der Waals surface area contributed by atoms with Crippen LogP contribution in [0.3, 0.4) is 0 Å². The van der Waals surface area contributed by atoms with Gasteiger partial charge in [0.15, 0.2) is 0 Å². The van der Waals surface area contributed by atoms with Crippen molar-refractivity contribution < 1.29 is 42.1 Å². The molecule has 4 aliphatic heterocycles. The van der Waals surface area contributed by atoms with Gasteiger partial charge < -0.3 is 24.4 Å². The number of rotatable bonds is 7. The largest absolute Gasteiger partial charge is 0.490 e. The molecule has 2 amide bonds. The second kappa shape index (κ2) is 15.2. The Labute approximate surface area is 264 Å². The Bertz CT molecular complexity index is 1150. The molecule has 0 radical (unpaired) electrons. The number of aryl methyl sites for hydroxylation is 2. The summed E-state index contributed by atoms with van der Waals surface area (Å²) in [4.78, 5) is 41.9. The number of aliphatic carboxylic acids is 1. The summed E-state index contributed by atoms with van der Waals surface area (Å²) < 4.78 is 43.9. The first kappa shape index (κ1) is 35.0. The molecule has 5 rings (SSSR count). The number of hydrogen-bond acceptors (Lipinski definition) is 6. The maximum Gasteiger partial charge on any atom is 0.490 e. The van der Waals surface area contributed by atoms with Crippen LogP contribution in [0, 0.1) is 19.8 Å². The lowest BCUT2D eigenvalue weighted by atomic mass is 9.75. The zero-order valence-electron chi connectivity index (χ0n) is 26.7. The summed E-state index contributed by atoms with van der Waals surface area (Å²) in [5.41, 5.74) is 2.67. The van der Waals surface area contributed by atoms with E-state index < -0.39 is 12.1 Å². The second-order valence-electron chi connectivity index (χ2n) is 12.9. The Balaban J connectivity index is 0.000000591. The Morgan fingerprint density at radius 2 is 1.67 bits per heavy atom. The third kappa shape index (κ3) is 8.69. The highest BCUT2D eigenvalue weighted by atomic mass is 19.4. The molecular weight excluding hydrogens is 591 g/mol. The van der Waals surface area contributed by atoms with Crippen LogP contribution in [0.1, 0.15) is 86.2 Å². The molecule has 45 heavy (non-hydrogen) atoms. The van der Waals surface area contributed by atoms with Gasteiger partial charge in [-0.2, -0.15) is 13.2 Å². The number of halogens is 3. The van der Waals surface area contributed by atoms with Gasteiger partial charge in [0.1, 0.15) is 5.60 Å². The maximum absolute atomic E-state index is 13.3. The van der Waals surface area contributed by atoms with Gasteiger partial charge in [0, 0.05) is 69.7 Å². The Hall–Kier alpha value is -2.86. The van der Waals surface area contributed by atoms with Crippen molar-refractivity contribution in [2.24, 2.45) is 5.92 Å². The summed E-state index contributed by atoms with van der Waals surface area (Å²) in [6.45, 7) is 12.1. The molecule has 1 aromatic carbocycles. The molecular formula is C33H48F3N3O6. The van der Waals surface area contributed by atoms with E-state index in [1.54, 1.807) is 0 Å². The topological polar surface area (TPSA) is 99.6 Å². The van der Waals surface area contributed by atoms with Crippen molar-refractivity contribution in [3.8, 4) is 0 Å². The van der Waals surface area contributed by atoms with E-state index in [9.17, 15) is 22.8 Å². The van der Waals surface area contributed by atoms with E-state index in [0.717, 1.165) is 107 Å². The monoisotopic (exact) mass is 639 g/mol. The molecule has 1 N–H and O–H groups in total. The molecule has 0 bridgehead atoms. The standard InChI is InChI=1S/C31H47N3O4.C2HF3O2/c1-4-5-10-25-21-34(22-27-11-7-20-37-27)30(36)38-31(25)14-18-32(19-15-31)26-12-16-33(17-13-26)29(35)28-23(2)8-6-9-24(28)3;3-2(4,5)1(6)7/h6,8-9,25-27H,4-5,7,10-22H2,1-3H3;(H,6,7). The van der Waals surface area contributed by atoms with Crippen molar-refractivity contribution in [3.05, 3.63) is 34.9 Å². The summed E-state index contributed by atoms with van der Waals surface area (Å²) in [6, 6.07) is 6.59. The van der Waals surface area contributed by atoms with Gasteiger partial charge in [-0.3, -0.25) is 9.69 Å². The zero-order chi connectivity index (χ0) is 32.8. The summed E-state index contributed by atoms with van der Waals surface area (Å²) in [5.74, 6) is -2.19. The molecule has 0 aliphatic carbocycles. The molecule has 0 aromatic heterocycles. The summed E-state index contributed by atoms with van der Waals surface area (Å²) in [6.07, 6.45) is 4.39. The fourth-order valence-corrected chi connectivity index (χ4v) is 7.34. The first-order valence-electron chi connectivity index (χ1n) is 16.3. The Kier molecular flexibility index (Phi) is 11.8. The number of amides is 2. The van der Waals surface area contributed by atoms with Gasteiger partial charge in [0.25, 0.3) is 5.91 Å². The van der Waals surface area contributed by atoms with Crippen LogP contribution in [-0.2, 0) is 14.3 Å². The molecule has 4 heterocycles. The molecule has 2 unspecified atom stereocenters. The first-order valence-corrected chi connectivity index (χ1v) is 16.3. The first-order chi connectivity index (χ1) is 21.3. The number of nitrogens with zero attached hydrogens (tertiary/aromatic N) is 3. The molecule has 0 saturated carbocycles. The van der Waals surface area contributed by atoms with Crippen LogP contribution in [0.2, 0.25) is 0 Å². The maximum atomic E-state index is 13.3. The minimum atomic E-state index is -5.08. The lowest BCUT2D eigenvalue weighted by Crippen LogP contribution is -2.62. The van der Waals surface area contributed by atoms with Gasteiger partial charge in [0.2, 0.25) is 0 Å². The summed E-state index contributed by atoms with van der Waals surface area (Å²) in [5, 5.41) is 7.12. The van der Waals surface area contributed by atoms with Crippen molar-refractivity contribution in [3.63, 3.8) is 0 Å². The molecule has 12 heteroatoms. The lowest BCUT2D eigenvalue weighted by molar-refractivity contribution is -0.192. The van der Waals surface area contributed by atoms with Gasteiger partial charge in [-0.25, -0.2) is 9.59 Å². The van der Waals surface area contributed by atoms with Crippen LogP contribution in [-0.4, -0.2) is 108 Å². The quantitative estimate of drug-likeness (QED) is 0.402. The van der Waals surface area contributed by atoms with Crippen molar-refractivity contribution >= 4 is 18.0 Å². The predicted octanol–water partition coefficient (Wildman–Crippen LogP) is 5.81. The fraction of sp³-hybridized carbons (Fsp3) is 0.727. The Morgan fingerprint density at radius 1 is 1.04 bits per heavy atom. The number of unbranched alkanes of at least 4 members (excludes halogenated alkanes) is 1. The van der Waals surface area contributed by atoms with E-state index in [0.29, 0.717) is 18.5 Å². The molecule has 1 aromatic rings. The van der Waals surface area contributed by atoms with Gasteiger partial charge in [-0.1, -0.05) is 38.0 Å². The van der Waals surface area contributed by atoms with E-state index in [2.05, 4.69) is 11.8 Å². The van der Waals surface area contributed by atoms with E-state index in [1.807, 2.05) is 41.8 Å². The molecule has 4 saturated heterocycles. The van der Waals surface area contributed by atoms with Gasteiger partial charge in [0.05, 0.1) is 12.6 Å². The van der Waals surface area contributed by atoms with E-state index in [1.165, 1.54) is 6.42 Å². The van der Waals surface area contributed by atoms with Crippen LogP contribution >= 0.6 is 0 Å². The van der Waals surface area contributed by atoms with Gasteiger partial charge in [-0.05, 0) is 57.1 Å². The number of likely N-dealkylation sites (tertiary alicyclic amines) is 2. The normalized spacial score (nSPS) is 24.3. The SMILES string of the molecule is CCCCC1CN(CC2CCCO2)C(=O)OC12CCN(C1CCN(C(=O)c3c(C)cccc3C)CC1)CC2.O=C(O)C(F)(F)F. The molecule has 2 atom stereocenters. The predicted molar refractivity (Wildman–Crippen MR) is 162 cm³/mol. The molecule has 4 aliphatic rings. The highest BCUT2D eigenvalue weighted by Gasteiger charge is 2.50. The van der Waals surface area contributed by atoms with E-state index >= 15 is 0 Å². The molecule has 1 spiro atoms. The second-order valence-corrected chi connectivity index (χ2v) is 12.9. The molecule has 4 fully saturated rings. The van der Waals surface area contributed by atoms with Crippen LogP contribution in [0.5, 0.6) is 0 Å². The number of ether oxygens (including phenoxy) is 2. The Morgan fingerprint density at radius 3 is 2.20 bits per heavy atom. The van der Waals surface area contributed by atoms with Gasteiger partial charge in [-0.15, -0.1) is 0 Å². The van der Waals surface area contributed by atoms with Crippen LogP contribution < -0.4 is 0 Å². The number of carboxylic acid groups (broad SMARTS) is 1. The lowest BCUT2D eigenvalue weighted by Gasteiger charge is -2.52. The smallest absolute Gasteiger partial charge is 0.475 e. The minimum Gasteiger partial charge on any atom is -0.475 e. The van der Waals surface area contributed by atoms with E-state index in [4.69, 9.17) is 19.4 Å². The number of hydrogen-bond donors (Lipinski definition) is 1. The fourth-order valence-electron chi connectivity index (χ4n) is 7.34.